The summed E-state index contributed by atoms with van der Waals surface area (Å²) >= 11 is 5.14. The molecule has 0 spiro atoms. The van der Waals surface area contributed by atoms with Crippen molar-refractivity contribution in [3.05, 3.63) is 23.4 Å². The number of aromatic nitrogens is 1. The van der Waals surface area contributed by atoms with E-state index in [2.05, 4.69) is 9.88 Å². The van der Waals surface area contributed by atoms with Crippen molar-refractivity contribution in [2.75, 3.05) is 25.1 Å². The van der Waals surface area contributed by atoms with Crippen LogP contribution in [0.4, 0.5) is 5.82 Å². The topological polar surface area (TPSA) is 51.4 Å². The molecule has 0 saturated carbocycles. The molecule has 2 rings (SSSR count). The van der Waals surface area contributed by atoms with Crippen LogP contribution in [0, 0.1) is 6.92 Å². The molecule has 1 atom stereocenters. The van der Waals surface area contributed by atoms with Crippen LogP contribution in [0.15, 0.2) is 12.3 Å². The highest BCUT2D eigenvalue weighted by atomic mass is 32.1. The van der Waals surface area contributed by atoms with Crippen molar-refractivity contribution in [2.24, 2.45) is 5.73 Å². The van der Waals surface area contributed by atoms with Crippen molar-refractivity contribution in [1.29, 1.82) is 0 Å². The highest BCUT2D eigenvalue weighted by molar-refractivity contribution is 7.80. The van der Waals surface area contributed by atoms with Crippen molar-refractivity contribution < 1.29 is 4.74 Å². The average molecular weight is 279 g/mol. The normalized spacial score (nSPS) is 19.2. The summed E-state index contributed by atoms with van der Waals surface area (Å²) in [5.74, 6) is 0.849. The minimum absolute atomic E-state index is 0.278. The molecule has 2 heterocycles. The predicted molar refractivity (Wildman–Crippen MR) is 81.7 cm³/mol. The van der Waals surface area contributed by atoms with Crippen LogP contribution < -0.4 is 10.6 Å². The fourth-order valence-corrected chi connectivity index (χ4v) is 2.73. The third-order valence-electron chi connectivity index (χ3n) is 3.50. The summed E-state index contributed by atoms with van der Waals surface area (Å²) in [6.45, 7) is 3.69. The Morgan fingerprint density at radius 1 is 1.58 bits per heavy atom. The first-order valence-corrected chi connectivity index (χ1v) is 7.08. The van der Waals surface area contributed by atoms with Crippen LogP contribution in [0.3, 0.4) is 0 Å². The molecule has 2 N–H and O–H groups in total. The molecule has 1 unspecified atom stereocenters. The molecule has 4 nitrogen and oxygen atoms in total. The minimum atomic E-state index is 0.278. The molecule has 0 bridgehead atoms. The maximum atomic E-state index is 5.82. The largest absolute Gasteiger partial charge is 0.389 e. The SMILES string of the molecule is Cc1ccnc(N(C)CC2CCCCO2)c1C(N)=S. The Kier molecular flexibility index (Phi) is 4.71. The lowest BCUT2D eigenvalue weighted by Gasteiger charge is -2.29. The third-order valence-corrected chi connectivity index (χ3v) is 3.70. The second kappa shape index (κ2) is 6.30. The number of nitrogens with zero attached hydrogens (tertiary/aromatic N) is 2. The number of thiocarbonyl (C=S) groups is 1. The van der Waals surface area contributed by atoms with Crippen LogP contribution in [-0.4, -0.2) is 36.3 Å². The monoisotopic (exact) mass is 279 g/mol. The molecule has 1 aromatic rings. The summed E-state index contributed by atoms with van der Waals surface area (Å²) in [6.07, 6.45) is 5.59. The van der Waals surface area contributed by atoms with E-state index < -0.39 is 0 Å². The van der Waals surface area contributed by atoms with E-state index in [0.717, 1.165) is 36.5 Å². The number of hydrogen-bond donors (Lipinski definition) is 1. The lowest BCUT2D eigenvalue weighted by Crippen LogP contribution is -2.35. The van der Waals surface area contributed by atoms with E-state index >= 15 is 0 Å². The number of hydrogen-bond acceptors (Lipinski definition) is 4. The molecule has 1 aliphatic rings. The van der Waals surface area contributed by atoms with Gasteiger partial charge in [-0.3, -0.25) is 0 Å². The van der Waals surface area contributed by atoms with E-state index in [-0.39, 0.29) is 6.10 Å². The molecule has 0 aromatic carbocycles. The number of anilines is 1. The first kappa shape index (κ1) is 14.2. The number of likely N-dealkylation sites (N-methyl/N-ethyl adjacent to an activating group) is 1. The number of aryl methyl sites for hydroxylation is 1. The number of rotatable bonds is 4. The second-order valence-corrected chi connectivity index (χ2v) is 5.50. The van der Waals surface area contributed by atoms with Gasteiger partial charge in [0.05, 0.1) is 11.7 Å². The van der Waals surface area contributed by atoms with Crippen LogP contribution in [0.2, 0.25) is 0 Å². The van der Waals surface area contributed by atoms with E-state index in [0.29, 0.717) is 4.99 Å². The van der Waals surface area contributed by atoms with Gasteiger partial charge in [-0.1, -0.05) is 12.2 Å². The first-order valence-electron chi connectivity index (χ1n) is 6.67. The van der Waals surface area contributed by atoms with E-state index in [9.17, 15) is 0 Å². The fourth-order valence-electron chi connectivity index (χ4n) is 2.48. The van der Waals surface area contributed by atoms with Crippen molar-refractivity contribution in [1.82, 2.24) is 4.98 Å². The van der Waals surface area contributed by atoms with Gasteiger partial charge in [-0.25, -0.2) is 4.98 Å². The summed E-state index contributed by atoms with van der Waals surface area (Å²) in [5, 5.41) is 0. The van der Waals surface area contributed by atoms with Gasteiger partial charge in [-0.15, -0.1) is 0 Å². The van der Waals surface area contributed by atoms with Gasteiger partial charge in [0, 0.05) is 26.4 Å². The van der Waals surface area contributed by atoms with Crippen molar-refractivity contribution >= 4 is 23.0 Å². The molecule has 1 saturated heterocycles. The fraction of sp³-hybridized carbons (Fsp3) is 0.571. The van der Waals surface area contributed by atoms with Gasteiger partial charge in [0.15, 0.2) is 0 Å². The molecule has 5 heteroatoms. The Hall–Kier alpha value is -1.20. The Morgan fingerprint density at radius 2 is 2.37 bits per heavy atom. The Balaban J connectivity index is 2.16. The zero-order valence-electron chi connectivity index (χ0n) is 11.6. The zero-order chi connectivity index (χ0) is 13.8. The number of pyridine rings is 1. The highest BCUT2D eigenvalue weighted by Gasteiger charge is 2.19. The Labute approximate surface area is 120 Å². The summed E-state index contributed by atoms with van der Waals surface area (Å²) in [4.78, 5) is 6.92. The van der Waals surface area contributed by atoms with Gasteiger partial charge in [0.2, 0.25) is 0 Å². The lowest BCUT2D eigenvalue weighted by atomic mass is 10.1. The van der Waals surface area contributed by atoms with E-state index in [1.165, 1.54) is 12.8 Å². The summed E-state index contributed by atoms with van der Waals surface area (Å²) < 4.78 is 5.77. The molecule has 1 aromatic heterocycles. The molecule has 19 heavy (non-hydrogen) atoms. The van der Waals surface area contributed by atoms with E-state index in [1.54, 1.807) is 6.20 Å². The average Bonchev–Trinajstić information content (AvgIpc) is 2.39. The lowest BCUT2D eigenvalue weighted by molar-refractivity contribution is 0.0215. The molecule has 0 amide bonds. The zero-order valence-corrected chi connectivity index (χ0v) is 12.4. The molecule has 1 fully saturated rings. The molecular weight excluding hydrogens is 258 g/mol. The third kappa shape index (κ3) is 3.42. The second-order valence-electron chi connectivity index (χ2n) is 5.06. The maximum Gasteiger partial charge on any atom is 0.138 e. The van der Waals surface area contributed by atoms with E-state index in [4.69, 9.17) is 22.7 Å². The molecule has 0 radical (unpaired) electrons. The minimum Gasteiger partial charge on any atom is -0.389 e. The van der Waals surface area contributed by atoms with Crippen molar-refractivity contribution in [3.63, 3.8) is 0 Å². The summed E-state index contributed by atoms with van der Waals surface area (Å²) in [5.41, 5.74) is 7.75. The van der Waals surface area contributed by atoms with Gasteiger partial charge in [0.1, 0.15) is 10.8 Å². The van der Waals surface area contributed by atoms with Crippen LogP contribution in [0.5, 0.6) is 0 Å². The molecule has 104 valence electrons. The quantitative estimate of drug-likeness (QED) is 0.855. The molecule has 1 aliphatic heterocycles. The van der Waals surface area contributed by atoms with Crippen LogP contribution in [0.25, 0.3) is 0 Å². The predicted octanol–water partition coefficient (Wildman–Crippen LogP) is 2.03. The smallest absolute Gasteiger partial charge is 0.138 e. The van der Waals surface area contributed by atoms with E-state index in [1.807, 2.05) is 20.0 Å². The standard InChI is InChI=1S/C14H21N3OS/c1-10-6-7-16-14(12(10)13(15)19)17(2)9-11-5-3-4-8-18-11/h6-7,11H,3-5,8-9H2,1-2H3,(H2,15,19). The van der Waals surface area contributed by atoms with Gasteiger partial charge in [0.25, 0.3) is 0 Å². The Morgan fingerprint density at radius 3 is 3.00 bits per heavy atom. The summed E-state index contributed by atoms with van der Waals surface area (Å²) in [7, 11) is 2.02. The molecular formula is C14H21N3OS. The number of nitrogens with two attached hydrogens (primary N) is 1. The summed E-state index contributed by atoms with van der Waals surface area (Å²) in [6, 6.07) is 1.93. The van der Waals surface area contributed by atoms with Crippen LogP contribution >= 0.6 is 12.2 Å². The van der Waals surface area contributed by atoms with Gasteiger partial charge in [-0.05, 0) is 37.8 Å². The van der Waals surface area contributed by atoms with Crippen LogP contribution in [0.1, 0.15) is 30.4 Å². The van der Waals surface area contributed by atoms with Crippen LogP contribution in [-0.2, 0) is 4.74 Å². The van der Waals surface area contributed by atoms with Gasteiger partial charge >= 0.3 is 0 Å². The highest BCUT2D eigenvalue weighted by Crippen LogP contribution is 2.22. The van der Waals surface area contributed by atoms with Gasteiger partial charge in [-0.2, -0.15) is 0 Å². The Bertz CT molecular complexity index is 458. The first-order chi connectivity index (χ1) is 9.09. The molecule has 0 aliphatic carbocycles. The van der Waals surface area contributed by atoms with Gasteiger partial charge < -0.3 is 15.4 Å². The van der Waals surface area contributed by atoms with Crippen molar-refractivity contribution in [2.45, 2.75) is 32.3 Å². The maximum absolute atomic E-state index is 5.82. The number of ether oxygens (including phenoxy) is 1. The van der Waals surface area contributed by atoms with Crippen molar-refractivity contribution in [3.8, 4) is 0 Å².